The number of hydrogen-bond donors (Lipinski definition) is 1. The fourth-order valence-electron chi connectivity index (χ4n) is 1.77. The highest BCUT2D eigenvalue weighted by Gasteiger charge is 2.15. The minimum atomic E-state index is -0.281. The Morgan fingerprint density at radius 2 is 2.25 bits per heavy atom. The van der Waals surface area contributed by atoms with E-state index in [4.69, 9.17) is 0 Å². The summed E-state index contributed by atoms with van der Waals surface area (Å²) in [5, 5.41) is 3.12. The summed E-state index contributed by atoms with van der Waals surface area (Å²) >= 11 is 0. The van der Waals surface area contributed by atoms with Crippen LogP contribution < -0.4 is 5.32 Å². The van der Waals surface area contributed by atoms with Crippen LogP contribution in [0.3, 0.4) is 0 Å². The highest BCUT2D eigenvalue weighted by molar-refractivity contribution is 5.09. The molecule has 3 nitrogen and oxygen atoms in total. The molecule has 0 bridgehead atoms. The van der Waals surface area contributed by atoms with E-state index in [9.17, 15) is 4.39 Å². The van der Waals surface area contributed by atoms with E-state index in [0.29, 0.717) is 0 Å². The molecular weight excluding hydrogens is 205 g/mol. The second kappa shape index (κ2) is 6.55. The zero-order valence-corrected chi connectivity index (χ0v) is 10.2. The predicted molar refractivity (Wildman–Crippen MR) is 63.8 cm³/mol. The monoisotopic (exact) mass is 225 g/mol. The van der Waals surface area contributed by atoms with Crippen molar-refractivity contribution < 1.29 is 4.39 Å². The summed E-state index contributed by atoms with van der Waals surface area (Å²) in [6, 6.07) is 3.49. The van der Waals surface area contributed by atoms with Gasteiger partial charge in [-0.05, 0) is 32.6 Å². The van der Waals surface area contributed by atoms with Crippen LogP contribution in [0.15, 0.2) is 18.3 Å². The molecule has 0 spiro atoms. The molecule has 0 amide bonds. The van der Waals surface area contributed by atoms with E-state index in [2.05, 4.69) is 29.2 Å². The van der Waals surface area contributed by atoms with Gasteiger partial charge in [0.15, 0.2) is 0 Å². The summed E-state index contributed by atoms with van der Waals surface area (Å²) in [5.74, 6) is -0.281. The fraction of sp³-hybridized carbons (Fsp3) is 0.583. The number of nitrogens with zero attached hydrogens (tertiary/aromatic N) is 2. The van der Waals surface area contributed by atoms with Gasteiger partial charge in [-0.15, -0.1) is 0 Å². The highest BCUT2D eigenvalue weighted by atomic mass is 19.1. The summed E-state index contributed by atoms with van der Waals surface area (Å²) < 4.78 is 12.8. The second-order valence-electron chi connectivity index (χ2n) is 3.91. The molecule has 16 heavy (non-hydrogen) atoms. The summed E-state index contributed by atoms with van der Waals surface area (Å²) in [5.41, 5.74) is 0.933. The minimum Gasteiger partial charge on any atom is -0.318 e. The molecule has 1 heterocycles. The van der Waals surface area contributed by atoms with Crippen molar-refractivity contribution in [1.29, 1.82) is 0 Å². The third-order valence-corrected chi connectivity index (χ3v) is 2.72. The summed E-state index contributed by atoms with van der Waals surface area (Å²) in [4.78, 5) is 6.37. The first-order chi connectivity index (χ1) is 7.69. The van der Waals surface area contributed by atoms with Gasteiger partial charge in [-0.25, -0.2) is 4.39 Å². The Morgan fingerprint density at radius 1 is 1.50 bits per heavy atom. The van der Waals surface area contributed by atoms with Crippen LogP contribution in [0.5, 0.6) is 0 Å². The normalized spacial score (nSPS) is 13.1. The van der Waals surface area contributed by atoms with Crippen molar-refractivity contribution in [3.63, 3.8) is 0 Å². The molecule has 0 aliphatic heterocycles. The zero-order chi connectivity index (χ0) is 12.0. The molecule has 0 aliphatic carbocycles. The Balaban J connectivity index is 2.69. The van der Waals surface area contributed by atoms with Gasteiger partial charge in [-0.3, -0.25) is 9.88 Å². The number of pyridine rings is 1. The quantitative estimate of drug-likeness (QED) is 0.800. The van der Waals surface area contributed by atoms with E-state index in [1.807, 2.05) is 7.05 Å². The molecule has 4 heteroatoms. The van der Waals surface area contributed by atoms with E-state index < -0.39 is 0 Å². The van der Waals surface area contributed by atoms with Crippen LogP contribution in [-0.2, 0) is 0 Å². The van der Waals surface area contributed by atoms with Gasteiger partial charge in [0.2, 0.25) is 0 Å². The van der Waals surface area contributed by atoms with Crippen molar-refractivity contribution in [1.82, 2.24) is 15.2 Å². The number of halogens is 1. The molecule has 0 radical (unpaired) electrons. The third-order valence-electron chi connectivity index (χ3n) is 2.72. The first kappa shape index (κ1) is 13.1. The van der Waals surface area contributed by atoms with Crippen LogP contribution in [0.25, 0.3) is 0 Å². The van der Waals surface area contributed by atoms with Gasteiger partial charge in [-0.2, -0.15) is 0 Å². The summed E-state index contributed by atoms with van der Waals surface area (Å²) in [7, 11) is 4.00. The van der Waals surface area contributed by atoms with Gasteiger partial charge >= 0.3 is 0 Å². The van der Waals surface area contributed by atoms with E-state index in [0.717, 1.165) is 25.2 Å². The largest absolute Gasteiger partial charge is 0.318 e. The Bertz CT molecular complexity index is 300. The van der Waals surface area contributed by atoms with Gasteiger partial charge < -0.3 is 5.32 Å². The van der Waals surface area contributed by atoms with Gasteiger partial charge in [-0.1, -0.05) is 6.92 Å². The number of hydrogen-bond acceptors (Lipinski definition) is 3. The lowest BCUT2D eigenvalue weighted by molar-refractivity contribution is 0.236. The van der Waals surface area contributed by atoms with Crippen LogP contribution in [0.2, 0.25) is 0 Å². The molecule has 1 atom stereocenters. The number of nitrogens with one attached hydrogen (secondary N) is 1. The standard InChI is InChI=1S/C12H20FN3/c1-4-12(16(3)8-7-14-2)11-6-5-10(13)9-15-11/h5-6,9,12,14H,4,7-8H2,1-3H3. The van der Waals surface area contributed by atoms with E-state index in [-0.39, 0.29) is 11.9 Å². The Kier molecular flexibility index (Phi) is 5.35. The smallest absolute Gasteiger partial charge is 0.141 e. The number of aromatic nitrogens is 1. The fourth-order valence-corrected chi connectivity index (χ4v) is 1.77. The topological polar surface area (TPSA) is 28.2 Å². The minimum absolute atomic E-state index is 0.258. The van der Waals surface area contributed by atoms with Crippen LogP contribution in [0.1, 0.15) is 25.1 Å². The highest BCUT2D eigenvalue weighted by Crippen LogP contribution is 2.20. The van der Waals surface area contributed by atoms with Crippen molar-refractivity contribution >= 4 is 0 Å². The molecule has 1 N–H and O–H groups in total. The first-order valence-electron chi connectivity index (χ1n) is 5.65. The first-order valence-corrected chi connectivity index (χ1v) is 5.65. The van der Waals surface area contributed by atoms with E-state index >= 15 is 0 Å². The van der Waals surface area contributed by atoms with Crippen molar-refractivity contribution in [3.05, 3.63) is 29.8 Å². The second-order valence-corrected chi connectivity index (χ2v) is 3.91. The molecule has 1 unspecified atom stereocenters. The van der Waals surface area contributed by atoms with Crippen molar-refractivity contribution in [3.8, 4) is 0 Å². The van der Waals surface area contributed by atoms with Gasteiger partial charge in [0.1, 0.15) is 5.82 Å². The summed E-state index contributed by atoms with van der Waals surface area (Å²) in [6.07, 6.45) is 2.25. The Hall–Kier alpha value is -1.00. The lowest BCUT2D eigenvalue weighted by atomic mass is 10.1. The van der Waals surface area contributed by atoms with Crippen molar-refractivity contribution in [2.45, 2.75) is 19.4 Å². The Labute approximate surface area is 96.7 Å². The van der Waals surface area contributed by atoms with Gasteiger partial charge in [0, 0.05) is 13.1 Å². The van der Waals surface area contributed by atoms with Gasteiger partial charge in [0.25, 0.3) is 0 Å². The average molecular weight is 225 g/mol. The molecular formula is C12H20FN3. The van der Waals surface area contributed by atoms with Crippen LogP contribution >= 0.6 is 0 Å². The molecule has 0 saturated carbocycles. The maximum Gasteiger partial charge on any atom is 0.141 e. The molecule has 0 aliphatic rings. The maximum atomic E-state index is 12.8. The number of likely N-dealkylation sites (N-methyl/N-ethyl adjacent to an activating group) is 2. The van der Waals surface area contributed by atoms with E-state index in [1.54, 1.807) is 6.07 Å². The maximum absolute atomic E-state index is 12.8. The van der Waals surface area contributed by atoms with Crippen molar-refractivity contribution in [2.24, 2.45) is 0 Å². The lowest BCUT2D eigenvalue weighted by Crippen LogP contribution is -2.31. The Morgan fingerprint density at radius 3 is 2.75 bits per heavy atom. The molecule has 0 saturated heterocycles. The molecule has 0 aromatic carbocycles. The third kappa shape index (κ3) is 3.54. The van der Waals surface area contributed by atoms with Gasteiger partial charge in [0.05, 0.1) is 17.9 Å². The van der Waals surface area contributed by atoms with Crippen LogP contribution in [-0.4, -0.2) is 37.1 Å². The molecule has 1 rings (SSSR count). The SMILES string of the molecule is CCC(c1ccc(F)cn1)N(C)CCNC. The lowest BCUT2D eigenvalue weighted by Gasteiger charge is -2.26. The van der Waals surface area contributed by atoms with Crippen molar-refractivity contribution in [2.75, 3.05) is 27.2 Å². The van der Waals surface area contributed by atoms with Crippen LogP contribution in [0.4, 0.5) is 4.39 Å². The molecule has 1 aromatic heterocycles. The molecule has 90 valence electrons. The molecule has 0 fully saturated rings. The predicted octanol–water partition coefficient (Wildman–Crippen LogP) is 1.82. The van der Waals surface area contributed by atoms with Crippen LogP contribution in [0, 0.1) is 5.82 Å². The average Bonchev–Trinajstić information content (AvgIpc) is 2.30. The van der Waals surface area contributed by atoms with E-state index in [1.165, 1.54) is 12.3 Å². The zero-order valence-electron chi connectivity index (χ0n) is 10.2. The number of rotatable bonds is 6. The summed E-state index contributed by atoms with van der Waals surface area (Å²) in [6.45, 7) is 4.01. The molecule has 1 aromatic rings.